The molecule has 3 nitrogen and oxygen atoms in total. The fourth-order valence-corrected chi connectivity index (χ4v) is 5.84. The van der Waals surface area contributed by atoms with Crippen LogP contribution in [0.5, 0.6) is 23.0 Å². The molecule has 0 radical (unpaired) electrons. The molecule has 4 heteroatoms. The summed E-state index contributed by atoms with van der Waals surface area (Å²) in [5.74, 6) is 3.49. The van der Waals surface area contributed by atoms with Crippen LogP contribution in [0.25, 0.3) is 33.5 Å². The van der Waals surface area contributed by atoms with Crippen LogP contribution in [-0.2, 0) is 0 Å². The molecule has 0 bridgehead atoms. The minimum absolute atomic E-state index is 0.0289. The maximum absolute atomic E-state index is 6.64. The first-order valence-electron chi connectivity index (χ1n) is 13.2. The normalized spacial score (nSPS) is 12.5. The number of ether oxygens (including phenoxy) is 2. The van der Waals surface area contributed by atoms with Gasteiger partial charge in [-0.15, -0.1) is 0 Å². The summed E-state index contributed by atoms with van der Waals surface area (Å²) in [6, 6.07) is 44.1. The maximum atomic E-state index is 6.64. The molecule has 8 rings (SSSR count). The summed E-state index contributed by atoms with van der Waals surface area (Å²) in [5.41, 5.74) is 9.95. The van der Waals surface area contributed by atoms with Crippen molar-refractivity contribution in [1.82, 2.24) is 4.98 Å². The largest absolute Gasteiger partial charge is 0.458 e. The Labute approximate surface area is 227 Å². The van der Waals surface area contributed by atoms with Crippen LogP contribution in [0.1, 0.15) is 0 Å². The van der Waals surface area contributed by atoms with Crippen molar-refractivity contribution in [3.8, 4) is 56.5 Å². The average Bonchev–Trinajstić information content (AvgIpc) is 3.01. The van der Waals surface area contributed by atoms with E-state index in [0.717, 1.165) is 67.3 Å². The molecule has 0 saturated carbocycles. The average molecular weight is 499 g/mol. The molecule has 0 aliphatic carbocycles. The van der Waals surface area contributed by atoms with Crippen LogP contribution in [0.15, 0.2) is 134 Å². The summed E-state index contributed by atoms with van der Waals surface area (Å²) in [5, 5.41) is 0. The van der Waals surface area contributed by atoms with E-state index in [1.54, 1.807) is 0 Å². The van der Waals surface area contributed by atoms with Crippen LogP contribution in [0, 0.1) is 0 Å². The van der Waals surface area contributed by atoms with E-state index in [1.165, 1.54) is 5.56 Å². The Morgan fingerprint density at radius 2 is 1.23 bits per heavy atom. The number of pyridine rings is 1. The van der Waals surface area contributed by atoms with E-state index in [2.05, 4.69) is 89.9 Å². The molecule has 39 heavy (non-hydrogen) atoms. The standard InChI is InChI=1S/C35H22BNO2/c1-2-8-23(9-3-1)26-19-20-28-33(22-26)38-31-13-7-14-32-34(31)36(28)29-11-6-10-27(35(29)39-32)24-15-17-25(18-16-24)30-12-4-5-21-37-30/h1-22H. The minimum Gasteiger partial charge on any atom is -0.458 e. The topological polar surface area (TPSA) is 31.4 Å². The van der Waals surface area contributed by atoms with Crippen molar-refractivity contribution in [1.29, 1.82) is 0 Å². The van der Waals surface area contributed by atoms with Gasteiger partial charge in [-0.1, -0.05) is 97.1 Å². The number of benzene rings is 5. The molecular weight excluding hydrogens is 477 g/mol. The fourth-order valence-electron chi connectivity index (χ4n) is 5.84. The molecular formula is C35H22BNO2. The Morgan fingerprint density at radius 3 is 2.05 bits per heavy atom. The van der Waals surface area contributed by atoms with Gasteiger partial charge in [-0.2, -0.15) is 0 Å². The van der Waals surface area contributed by atoms with E-state index in [-0.39, 0.29) is 6.71 Å². The highest BCUT2D eigenvalue weighted by molar-refractivity contribution is 6.98. The first kappa shape index (κ1) is 21.9. The lowest BCUT2D eigenvalue weighted by Gasteiger charge is -2.33. The Kier molecular flexibility index (Phi) is 4.92. The molecule has 0 N–H and O–H groups in total. The van der Waals surface area contributed by atoms with E-state index < -0.39 is 0 Å². The zero-order valence-corrected chi connectivity index (χ0v) is 21.0. The number of nitrogens with zero attached hydrogens (tertiary/aromatic N) is 1. The predicted octanol–water partition coefficient (Wildman–Crippen LogP) is 6.81. The molecule has 0 atom stereocenters. The highest BCUT2D eigenvalue weighted by atomic mass is 16.5. The van der Waals surface area contributed by atoms with Crippen LogP contribution in [0.3, 0.4) is 0 Å². The first-order valence-corrected chi connectivity index (χ1v) is 13.2. The molecule has 2 aliphatic heterocycles. The van der Waals surface area contributed by atoms with Crippen LogP contribution < -0.4 is 25.9 Å². The van der Waals surface area contributed by atoms with Crippen LogP contribution in [0.4, 0.5) is 0 Å². The molecule has 0 unspecified atom stereocenters. The molecule has 6 aromatic rings. The highest BCUT2D eigenvalue weighted by Gasteiger charge is 2.40. The summed E-state index contributed by atoms with van der Waals surface area (Å²) in [6.07, 6.45) is 1.82. The van der Waals surface area contributed by atoms with Crippen molar-refractivity contribution in [3.05, 3.63) is 134 Å². The van der Waals surface area contributed by atoms with Gasteiger partial charge in [0.15, 0.2) is 0 Å². The van der Waals surface area contributed by atoms with Crippen LogP contribution in [-0.4, -0.2) is 11.7 Å². The maximum Gasteiger partial charge on any atom is 0.260 e. The van der Waals surface area contributed by atoms with E-state index in [9.17, 15) is 0 Å². The Hall–Kier alpha value is -5.09. The Bertz CT molecular complexity index is 1850. The smallest absolute Gasteiger partial charge is 0.260 e. The Morgan fingerprint density at radius 1 is 0.487 bits per heavy atom. The van der Waals surface area contributed by atoms with E-state index in [1.807, 2.05) is 48.7 Å². The summed E-state index contributed by atoms with van der Waals surface area (Å²) < 4.78 is 13.1. The molecule has 182 valence electrons. The van der Waals surface area contributed by atoms with Gasteiger partial charge in [0.2, 0.25) is 0 Å². The molecule has 0 spiro atoms. The molecule has 5 aromatic carbocycles. The number of fused-ring (bicyclic) bond motifs is 4. The third-order valence-electron chi connectivity index (χ3n) is 7.69. The van der Waals surface area contributed by atoms with Crippen molar-refractivity contribution >= 4 is 23.1 Å². The SMILES string of the molecule is c1ccc(-c2ccc3c(c2)Oc2cccc4c2B3c2cccc(-c3ccc(-c5ccccn5)cc3)c2O4)cc1. The van der Waals surface area contributed by atoms with E-state index in [4.69, 9.17) is 9.47 Å². The lowest BCUT2D eigenvalue weighted by molar-refractivity contribution is 0.465. The van der Waals surface area contributed by atoms with Crippen molar-refractivity contribution in [2.45, 2.75) is 0 Å². The highest BCUT2D eigenvalue weighted by Crippen LogP contribution is 2.39. The summed E-state index contributed by atoms with van der Waals surface area (Å²) in [4.78, 5) is 4.49. The monoisotopic (exact) mass is 499 g/mol. The summed E-state index contributed by atoms with van der Waals surface area (Å²) in [7, 11) is 0. The van der Waals surface area contributed by atoms with Crippen molar-refractivity contribution in [3.63, 3.8) is 0 Å². The minimum atomic E-state index is 0.0289. The second kappa shape index (κ2) is 8.75. The molecule has 2 aliphatic rings. The second-order valence-corrected chi connectivity index (χ2v) is 9.94. The van der Waals surface area contributed by atoms with Gasteiger partial charge in [0.1, 0.15) is 23.0 Å². The van der Waals surface area contributed by atoms with Crippen molar-refractivity contribution in [2.75, 3.05) is 0 Å². The molecule has 3 heterocycles. The van der Waals surface area contributed by atoms with Gasteiger partial charge < -0.3 is 9.47 Å². The lowest BCUT2D eigenvalue weighted by atomic mass is 9.34. The van der Waals surface area contributed by atoms with Gasteiger partial charge in [0.25, 0.3) is 6.71 Å². The third-order valence-corrected chi connectivity index (χ3v) is 7.69. The van der Waals surface area contributed by atoms with Gasteiger partial charge in [-0.05, 0) is 57.9 Å². The van der Waals surface area contributed by atoms with Gasteiger partial charge in [0.05, 0.1) is 5.69 Å². The first-order chi connectivity index (χ1) is 19.3. The van der Waals surface area contributed by atoms with E-state index in [0.29, 0.717) is 0 Å². The molecule has 0 fully saturated rings. The number of rotatable bonds is 3. The van der Waals surface area contributed by atoms with Gasteiger partial charge in [0, 0.05) is 22.8 Å². The lowest BCUT2D eigenvalue weighted by Crippen LogP contribution is -2.57. The van der Waals surface area contributed by atoms with Crippen molar-refractivity contribution < 1.29 is 9.47 Å². The van der Waals surface area contributed by atoms with Gasteiger partial charge in [-0.25, -0.2) is 0 Å². The zero-order chi connectivity index (χ0) is 25.8. The number of para-hydroxylation sites is 1. The van der Waals surface area contributed by atoms with Gasteiger partial charge in [-0.3, -0.25) is 4.98 Å². The number of hydrogen-bond acceptors (Lipinski definition) is 3. The van der Waals surface area contributed by atoms with Crippen LogP contribution >= 0.6 is 0 Å². The quantitative estimate of drug-likeness (QED) is 0.250. The van der Waals surface area contributed by atoms with E-state index >= 15 is 0 Å². The van der Waals surface area contributed by atoms with Crippen LogP contribution in [0.2, 0.25) is 0 Å². The predicted molar refractivity (Wildman–Crippen MR) is 158 cm³/mol. The van der Waals surface area contributed by atoms with Crippen molar-refractivity contribution in [2.24, 2.45) is 0 Å². The Balaban J connectivity index is 1.26. The second-order valence-electron chi connectivity index (χ2n) is 9.94. The number of aromatic nitrogens is 1. The third kappa shape index (κ3) is 3.57. The molecule has 0 saturated heterocycles. The molecule has 0 amide bonds. The zero-order valence-electron chi connectivity index (χ0n) is 21.0. The van der Waals surface area contributed by atoms with Gasteiger partial charge >= 0.3 is 0 Å². The summed E-state index contributed by atoms with van der Waals surface area (Å²) in [6.45, 7) is 0.0289. The number of hydrogen-bond donors (Lipinski definition) is 0. The fraction of sp³-hybridized carbons (Fsp3) is 0. The summed E-state index contributed by atoms with van der Waals surface area (Å²) >= 11 is 0. The molecule has 1 aromatic heterocycles.